The summed E-state index contributed by atoms with van der Waals surface area (Å²) >= 11 is 0. The van der Waals surface area contributed by atoms with E-state index in [1.165, 1.54) is 0 Å². The van der Waals surface area contributed by atoms with Crippen molar-refractivity contribution >= 4 is 11.6 Å². The number of carbonyl (C=O) groups is 2. The van der Waals surface area contributed by atoms with Gasteiger partial charge in [-0.2, -0.15) is 0 Å². The minimum atomic E-state index is -0.867. The van der Waals surface area contributed by atoms with Crippen LogP contribution in [0.3, 0.4) is 0 Å². The molecule has 2 atom stereocenters. The van der Waals surface area contributed by atoms with Gasteiger partial charge in [-0.25, -0.2) is 0 Å². The quantitative estimate of drug-likeness (QED) is 0.406. The predicted molar refractivity (Wildman–Crippen MR) is 132 cm³/mol. The van der Waals surface area contributed by atoms with Crippen molar-refractivity contribution in [2.75, 3.05) is 7.11 Å². The van der Waals surface area contributed by atoms with Gasteiger partial charge >= 0.3 is 0 Å². The van der Waals surface area contributed by atoms with Crippen molar-refractivity contribution < 1.29 is 24.5 Å². The van der Waals surface area contributed by atoms with Crippen LogP contribution < -0.4 is 4.74 Å². The van der Waals surface area contributed by atoms with E-state index in [1.807, 2.05) is 32.9 Å². The van der Waals surface area contributed by atoms with Crippen molar-refractivity contribution in [1.29, 1.82) is 0 Å². The van der Waals surface area contributed by atoms with E-state index in [-0.39, 0.29) is 22.7 Å². The molecule has 1 aliphatic carbocycles. The third-order valence-corrected chi connectivity index (χ3v) is 7.64. The lowest BCUT2D eigenvalue weighted by atomic mass is 9.62. The predicted octanol–water partition coefficient (Wildman–Crippen LogP) is 5.86. The van der Waals surface area contributed by atoms with Crippen LogP contribution >= 0.6 is 0 Å². The summed E-state index contributed by atoms with van der Waals surface area (Å²) in [5.74, 6) is 1.25. The van der Waals surface area contributed by atoms with Crippen molar-refractivity contribution in [2.24, 2.45) is 10.8 Å². The highest BCUT2D eigenvalue weighted by Gasteiger charge is 2.53. The van der Waals surface area contributed by atoms with E-state index in [9.17, 15) is 19.8 Å². The summed E-state index contributed by atoms with van der Waals surface area (Å²) in [5.41, 5.74) is 0.727. The number of hydrogen-bond donors (Lipinski definition) is 2. The van der Waals surface area contributed by atoms with Crippen LogP contribution in [0.5, 0.6) is 11.5 Å². The van der Waals surface area contributed by atoms with Crippen LogP contribution in [-0.2, 0) is 16.0 Å². The van der Waals surface area contributed by atoms with Gasteiger partial charge < -0.3 is 14.9 Å². The average Bonchev–Trinajstić information content (AvgIpc) is 3.01. The van der Waals surface area contributed by atoms with Crippen molar-refractivity contribution in [3.8, 4) is 11.5 Å². The van der Waals surface area contributed by atoms with Gasteiger partial charge in [0.05, 0.1) is 12.7 Å². The Hall–Kier alpha value is -2.14. The first-order valence-electron chi connectivity index (χ1n) is 12.0. The zero-order chi connectivity index (χ0) is 25.0. The molecule has 0 saturated heterocycles. The van der Waals surface area contributed by atoms with Crippen molar-refractivity contribution in [3.63, 3.8) is 0 Å². The summed E-state index contributed by atoms with van der Waals surface area (Å²) in [5, 5.41) is 20.4. The summed E-state index contributed by atoms with van der Waals surface area (Å²) in [6.45, 7) is 11.3. The Labute approximate surface area is 199 Å². The first-order chi connectivity index (χ1) is 15.2. The van der Waals surface area contributed by atoms with Crippen LogP contribution in [0.25, 0.3) is 0 Å². The third kappa shape index (κ3) is 6.69. The molecule has 0 bridgehead atoms. The molecular formula is C28H42O5. The first-order valence-corrected chi connectivity index (χ1v) is 12.0. The average molecular weight is 459 g/mol. The maximum absolute atomic E-state index is 13.1. The molecule has 1 saturated carbocycles. The van der Waals surface area contributed by atoms with Crippen LogP contribution in [-0.4, -0.2) is 34.5 Å². The van der Waals surface area contributed by atoms with Gasteiger partial charge in [-0.3, -0.25) is 9.59 Å². The minimum absolute atomic E-state index is 0.140. The largest absolute Gasteiger partial charge is 0.507 e. The fourth-order valence-corrected chi connectivity index (χ4v) is 5.12. The second-order valence-corrected chi connectivity index (χ2v) is 11.1. The summed E-state index contributed by atoms with van der Waals surface area (Å²) in [7, 11) is 1.60. The van der Waals surface area contributed by atoms with Crippen LogP contribution in [0.2, 0.25) is 0 Å². The van der Waals surface area contributed by atoms with Gasteiger partial charge in [0.2, 0.25) is 0 Å². The molecule has 2 unspecified atom stereocenters. The van der Waals surface area contributed by atoms with Gasteiger partial charge in [-0.1, -0.05) is 31.9 Å². The number of allylic oxidation sites excluding steroid dienone is 2. The maximum Gasteiger partial charge on any atom is 0.139 e. The van der Waals surface area contributed by atoms with Crippen LogP contribution in [0, 0.1) is 17.8 Å². The van der Waals surface area contributed by atoms with E-state index in [4.69, 9.17) is 4.74 Å². The second kappa shape index (κ2) is 10.4. The number of phenolic OH excluding ortho intramolecular Hbond substituents is 1. The lowest BCUT2D eigenvalue weighted by Gasteiger charge is -2.40. The molecular weight excluding hydrogens is 416 g/mol. The van der Waals surface area contributed by atoms with E-state index in [0.717, 1.165) is 36.0 Å². The van der Waals surface area contributed by atoms with Crippen LogP contribution in [0.1, 0.15) is 90.7 Å². The molecule has 0 amide bonds. The Bertz CT molecular complexity index is 908. The molecule has 1 fully saturated rings. The molecule has 2 rings (SSSR count). The number of ketones is 2. The number of aliphatic hydroxyl groups is 1. The van der Waals surface area contributed by atoms with Gasteiger partial charge in [0, 0.05) is 30.2 Å². The highest BCUT2D eigenvalue weighted by molar-refractivity contribution is 5.88. The first kappa shape index (κ1) is 27.1. The van der Waals surface area contributed by atoms with Crippen molar-refractivity contribution in [1.82, 2.24) is 0 Å². The number of ether oxygens (including phenoxy) is 1. The number of aryl methyl sites for hydroxylation is 1. The number of benzene rings is 1. The summed E-state index contributed by atoms with van der Waals surface area (Å²) in [6.07, 6.45) is 6.60. The zero-order valence-electron chi connectivity index (χ0n) is 21.5. The molecule has 1 aromatic carbocycles. The SMILES string of the molecule is COc1cc(C)c(O)c(CC=C(C)CC(=O)CC2(C)CCCC2(C)C(=O)CCC(C)(C)O)c1. The number of hydrogen-bond acceptors (Lipinski definition) is 5. The summed E-state index contributed by atoms with van der Waals surface area (Å²) in [4.78, 5) is 26.1. The van der Waals surface area contributed by atoms with E-state index in [0.29, 0.717) is 37.9 Å². The molecule has 0 aromatic heterocycles. The molecule has 1 aromatic rings. The Balaban J connectivity index is 2.05. The summed E-state index contributed by atoms with van der Waals surface area (Å²) in [6, 6.07) is 3.61. The number of Topliss-reactive ketones (excluding diaryl/α,β-unsaturated/α-hetero) is 2. The number of rotatable bonds is 11. The molecule has 0 radical (unpaired) electrons. The van der Waals surface area contributed by atoms with E-state index >= 15 is 0 Å². The fraction of sp³-hybridized carbons (Fsp3) is 0.643. The topological polar surface area (TPSA) is 83.8 Å². The Kier molecular flexibility index (Phi) is 8.56. The Morgan fingerprint density at radius 3 is 2.48 bits per heavy atom. The maximum atomic E-state index is 13.1. The third-order valence-electron chi connectivity index (χ3n) is 7.64. The highest BCUT2D eigenvalue weighted by Crippen LogP contribution is 2.56. The van der Waals surface area contributed by atoms with E-state index < -0.39 is 11.0 Å². The number of carbonyl (C=O) groups excluding carboxylic acids is 2. The smallest absolute Gasteiger partial charge is 0.139 e. The fourth-order valence-electron chi connectivity index (χ4n) is 5.12. The van der Waals surface area contributed by atoms with Gasteiger partial charge in [0.15, 0.2) is 0 Å². The molecule has 33 heavy (non-hydrogen) atoms. The van der Waals surface area contributed by atoms with Gasteiger partial charge in [0.1, 0.15) is 23.1 Å². The molecule has 184 valence electrons. The molecule has 0 spiro atoms. The van der Waals surface area contributed by atoms with Crippen LogP contribution in [0.4, 0.5) is 0 Å². The number of aromatic hydroxyl groups is 1. The van der Waals surface area contributed by atoms with Gasteiger partial charge in [0.25, 0.3) is 0 Å². The standard InChI is InChI=1S/C28H42O5/c1-19(9-10-21-17-23(33-7)16-20(2)25(21)31)15-22(29)18-27(5)12-8-13-28(27,6)24(30)11-14-26(3,4)32/h9,16-17,31-32H,8,10-15,18H2,1-7H3. The lowest BCUT2D eigenvalue weighted by molar-refractivity contribution is -0.136. The summed E-state index contributed by atoms with van der Waals surface area (Å²) < 4.78 is 5.29. The zero-order valence-corrected chi connectivity index (χ0v) is 21.5. The minimum Gasteiger partial charge on any atom is -0.507 e. The normalized spacial score (nSPS) is 23.6. The number of methoxy groups -OCH3 is 1. The monoisotopic (exact) mass is 458 g/mol. The highest BCUT2D eigenvalue weighted by atomic mass is 16.5. The molecule has 1 aliphatic rings. The molecule has 5 nitrogen and oxygen atoms in total. The molecule has 5 heteroatoms. The van der Waals surface area contributed by atoms with E-state index in [1.54, 1.807) is 27.0 Å². The van der Waals surface area contributed by atoms with Crippen LogP contribution in [0.15, 0.2) is 23.8 Å². The molecule has 2 N–H and O–H groups in total. The van der Waals surface area contributed by atoms with Gasteiger partial charge in [-0.15, -0.1) is 0 Å². The molecule has 0 aliphatic heterocycles. The Morgan fingerprint density at radius 1 is 1.21 bits per heavy atom. The van der Waals surface area contributed by atoms with Gasteiger partial charge in [-0.05, 0) is 76.5 Å². The van der Waals surface area contributed by atoms with E-state index in [2.05, 4.69) is 6.92 Å². The lowest BCUT2D eigenvalue weighted by Crippen LogP contribution is -2.41. The van der Waals surface area contributed by atoms with Crippen molar-refractivity contribution in [3.05, 3.63) is 34.9 Å². The Morgan fingerprint density at radius 2 is 1.88 bits per heavy atom. The second-order valence-electron chi connectivity index (χ2n) is 11.1. The number of phenols is 1. The van der Waals surface area contributed by atoms with Crippen molar-refractivity contribution in [2.45, 2.75) is 98.5 Å². The molecule has 0 heterocycles.